The molecule has 2 fully saturated rings. The Bertz CT molecular complexity index is 1100. The average Bonchev–Trinajstić information content (AvgIpc) is 3.46. The lowest BCUT2D eigenvalue weighted by Crippen LogP contribution is -2.35. The Labute approximate surface area is 183 Å². The predicted octanol–water partition coefficient (Wildman–Crippen LogP) is 5.31. The van der Waals surface area contributed by atoms with E-state index in [2.05, 4.69) is 58.1 Å². The molecule has 156 valence electrons. The summed E-state index contributed by atoms with van der Waals surface area (Å²) in [6.45, 7) is 0.446. The highest BCUT2D eigenvalue weighted by Gasteiger charge is 2.53. The zero-order chi connectivity index (χ0) is 20.8. The molecule has 3 aromatic rings. The summed E-state index contributed by atoms with van der Waals surface area (Å²) in [4.78, 5) is 17.2. The van der Waals surface area contributed by atoms with Gasteiger partial charge in [-0.2, -0.15) is 0 Å². The smallest absolute Gasteiger partial charge is 0.251 e. The zero-order valence-electron chi connectivity index (χ0n) is 17.5. The molecule has 1 aliphatic heterocycles. The number of nitrogens with one attached hydrogen (secondary N) is 2. The normalized spacial score (nSPS) is 27.8. The summed E-state index contributed by atoms with van der Waals surface area (Å²) in [5.41, 5.74) is 5.54. The molecule has 2 heterocycles. The third kappa shape index (κ3) is 3.21. The minimum atomic E-state index is -0.0293. The van der Waals surface area contributed by atoms with Gasteiger partial charge in [-0.25, -0.2) is 0 Å². The topological polar surface area (TPSA) is 54.0 Å². The quantitative estimate of drug-likeness (QED) is 0.614. The van der Waals surface area contributed by atoms with Crippen LogP contribution in [0.4, 0.5) is 5.69 Å². The lowest BCUT2D eigenvalue weighted by atomic mass is 9.68. The van der Waals surface area contributed by atoms with Gasteiger partial charge in [0, 0.05) is 17.4 Å². The van der Waals surface area contributed by atoms with Crippen molar-refractivity contribution < 1.29 is 4.79 Å². The maximum atomic E-state index is 12.9. The molecule has 6 rings (SSSR count). The van der Waals surface area contributed by atoms with E-state index in [4.69, 9.17) is 0 Å². The fraction of sp³-hybridized carbons (Fsp3) is 0.333. The van der Waals surface area contributed by atoms with Crippen molar-refractivity contribution in [3.8, 4) is 0 Å². The number of benzene rings is 2. The van der Waals surface area contributed by atoms with Gasteiger partial charge in [-0.3, -0.25) is 9.78 Å². The number of carbonyl (C=O) groups excluding carboxylic acids is 1. The molecular formula is C27H27N3O. The molecular weight excluding hydrogens is 382 g/mol. The lowest BCUT2D eigenvalue weighted by molar-refractivity contribution is 0.0950. The molecule has 5 atom stereocenters. The number of amides is 1. The first-order valence-electron chi connectivity index (χ1n) is 11.4. The van der Waals surface area contributed by atoms with Gasteiger partial charge < -0.3 is 10.6 Å². The Morgan fingerprint density at radius 1 is 1.00 bits per heavy atom. The molecule has 31 heavy (non-hydrogen) atoms. The first-order chi connectivity index (χ1) is 15.3. The van der Waals surface area contributed by atoms with Gasteiger partial charge >= 0.3 is 0 Å². The van der Waals surface area contributed by atoms with Crippen LogP contribution >= 0.6 is 0 Å². The van der Waals surface area contributed by atoms with Crippen molar-refractivity contribution in [1.29, 1.82) is 0 Å². The SMILES string of the molecule is O=C(NCc1ccccn1)c1ccc2c(c1)[C@H]1[C@H]3CC[C@H](C3)[C@H]1[C@@H](c1ccccc1)N2. The van der Waals surface area contributed by atoms with Crippen molar-refractivity contribution in [2.24, 2.45) is 17.8 Å². The van der Waals surface area contributed by atoms with Gasteiger partial charge in [-0.15, -0.1) is 0 Å². The Kier molecular flexibility index (Phi) is 4.52. The van der Waals surface area contributed by atoms with Gasteiger partial charge in [0.25, 0.3) is 5.91 Å². The first kappa shape index (κ1) is 18.6. The van der Waals surface area contributed by atoms with Crippen LogP contribution in [0, 0.1) is 17.8 Å². The maximum absolute atomic E-state index is 12.9. The molecule has 0 unspecified atom stereocenters. The summed E-state index contributed by atoms with van der Waals surface area (Å²) in [5, 5.41) is 6.88. The summed E-state index contributed by atoms with van der Waals surface area (Å²) in [7, 11) is 0. The van der Waals surface area contributed by atoms with E-state index in [9.17, 15) is 4.79 Å². The molecule has 2 aliphatic carbocycles. The highest BCUT2D eigenvalue weighted by atomic mass is 16.1. The summed E-state index contributed by atoms with van der Waals surface area (Å²) >= 11 is 0. The summed E-state index contributed by atoms with van der Waals surface area (Å²) < 4.78 is 0. The van der Waals surface area contributed by atoms with Crippen molar-refractivity contribution >= 4 is 11.6 Å². The van der Waals surface area contributed by atoms with Crippen LogP contribution in [-0.2, 0) is 6.54 Å². The van der Waals surface area contributed by atoms with Crippen LogP contribution in [0.15, 0.2) is 72.9 Å². The van der Waals surface area contributed by atoms with Crippen LogP contribution in [0.3, 0.4) is 0 Å². The molecule has 4 nitrogen and oxygen atoms in total. The molecule has 0 saturated heterocycles. The lowest BCUT2D eigenvalue weighted by Gasteiger charge is -2.43. The maximum Gasteiger partial charge on any atom is 0.251 e. The van der Waals surface area contributed by atoms with Gasteiger partial charge in [0.05, 0.1) is 18.3 Å². The van der Waals surface area contributed by atoms with E-state index in [1.54, 1.807) is 6.20 Å². The van der Waals surface area contributed by atoms with E-state index in [0.717, 1.165) is 23.1 Å². The molecule has 2 aromatic carbocycles. The zero-order valence-corrected chi connectivity index (χ0v) is 17.5. The molecule has 1 aromatic heterocycles. The largest absolute Gasteiger partial charge is 0.378 e. The Morgan fingerprint density at radius 3 is 2.68 bits per heavy atom. The first-order valence-corrected chi connectivity index (χ1v) is 11.4. The van der Waals surface area contributed by atoms with Gasteiger partial charge in [-0.05, 0) is 84.4 Å². The molecule has 2 saturated carbocycles. The fourth-order valence-electron chi connectivity index (χ4n) is 6.39. The number of carbonyl (C=O) groups is 1. The molecule has 2 bridgehead atoms. The molecule has 1 amide bonds. The molecule has 0 radical (unpaired) electrons. The number of pyridine rings is 1. The summed E-state index contributed by atoms with van der Waals surface area (Å²) in [6, 6.07) is 23.2. The van der Waals surface area contributed by atoms with Gasteiger partial charge in [0.15, 0.2) is 0 Å². The van der Waals surface area contributed by atoms with Crippen molar-refractivity contribution in [3.05, 3.63) is 95.3 Å². The van der Waals surface area contributed by atoms with Crippen LogP contribution < -0.4 is 10.6 Å². The Hall–Kier alpha value is -3.14. The average molecular weight is 410 g/mol. The van der Waals surface area contributed by atoms with Crippen LogP contribution in [0.1, 0.15) is 58.4 Å². The second-order valence-corrected chi connectivity index (χ2v) is 9.27. The molecule has 0 spiro atoms. The number of fused-ring (bicyclic) bond motifs is 7. The number of hydrogen-bond acceptors (Lipinski definition) is 3. The van der Waals surface area contributed by atoms with Crippen molar-refractivity contribution in [1.82, 2.24) is 10.3 Å². The monoisotopic (exact) mass is 409 g/mol. The minimum absolute atomic E-state index is 0.0293. The third-order valence-electron chi connectivity index (χ3n) is 7.66. The molecule has 3 aliphatic rings. The van der Waals surface area contributed by atoms with Crippen molar-refractivity contribution in [3.63, 3.8) is 0 Å². The number of anilines is 1. The molecule has 2 N–H and O–H groups in total. The second-order valence-electron chi connectivity index (χ2n) is 9.27. The molecule has 4 heteroatoms. The Morgan fingerprint density at radius 2 is 1.84 bits per heavy atom. The number of nitrogens with zero attached hydrogens (tertiary/aromatic N) is 1. The fourth-order valence-corrected chi connectivity index (χ4v) is 6.39. The van der Waals surface area contributed by atoms with Crippen LogP contribution in [0.2, 0.25) is 0 Å². The van der Waals surface area contributed by atoms with E-state index >= 15 is 0 Å². The number of hydrogen-bond donors (Lipinski definition) is 2. The number of rotatable bonds is 4. The van der Waals surface area contributed by atoms with Crippen LogP contribution in [-0.4, -0.2) is 10.9 Å². The highest BCUT2D eigenvalue weighted by Crippen LogP contribution is 2.63. The Balaban J connectivity index is 1.30. The third-order valence-corrected chi connectivity index (χ3v) is 7.66. The van der Waals surface area contributed by atoms with E-state index in [0.29, 0.717) is 24.4 Å². The standard InChI is InChI=1S/C27H27N3O/c31-27(29-16-21-8-4-5-13-28-21)20-11-12-23-22(15-20)24-18-9-10-19(14-18)25(24)26(30-23)17-6-2-1-3-7-17/h1-8,11-13,15,18-19,24-26,30H,9-10,14,16H2,(H,29,31)/t18-,19+,24+,25+,26+/m0/s1. The van der Waals surface area contributed by atoms with Gasteiger partial charge in [0.2, 0.25) is 0 Å². The van der Waals surface area contributed by atoms with Crippen LogP contribution in [0.25, 0.3) is 0 Å². The van der Waals surface area contributed by atoms with E-state index in [-0.39, 0.29) is 5.91 Å². The van der Waals surface area contributed by atoms with Crippen LogP contribution in [0.5, 0.6) is 0 Å². The van der Waals surface area contributed by atoms with Gasteiger partial charge in [-0.1, -0.05) is 36.4 Å². The highest BCUT2D eigenvalue weighted by molar-refractivity contribution is 5.95. The van der Waals surface area contributed by atoms with Crippen molar-refractivity contribution in [2.45, 2.75) is 37.8 Å². The van der Waals surface area contributed by atoms with E-state index < -0.39 is 0 Å². The number of aromatic nitrogens is 1. The second kappa shape index (κ2) is 7.52. The summed E-state index contributed by atoms with van der Waals surface area (Å²) in [6.07, 6.45) is 5.75. The minimum Gasteiger partial charge on any atom is -0.378 e. The van der Waals surface area contributed by atoms with Gasteiger partial charge in [0.1, 0.15) is 0 Å². The van der Waals surface area contributed by atoms with E-state index in [1.807, 2.05) is 24.3 Å². The van der Waals surface area contributed by atoms with Crippen molar-refractivity contribution in [2.75, 3.05) is 5.32 Å². The predicted molar refractivity (Wildman–Crippen MR) is 122 cm³/mol. The van der Waals surface area contributed by atoms with E-state index in [1.165, 1.54) is 36.1 Å². The summed E-state index contributed by atoms with van der Waals surface area (Å²) in [5.74, 6) is 2.65.